The van der Waals surface area contributed by atoms with E-state index >= 15 is 0 Å². The first-order valence-electron chi connectivity index (χ1n) is 34.7. The zero-order chi connectivity index (χ0) is 59.9. The number of unbranched alkanes of at least 4 members (excludes halogenated alkanes) is 30. The molecule has 0 fully saturated rings. The summed E-state index contributed by atoms with van der Waals surface area (Å²) in [5.74, 6) is -1.03. The Labute approximate surface area is 513 Å². The minimum atomic E-state index is -0.820. The summed E-state index contributed by atoms with van der Waals surface area (Å²) in [6, 6.07) is 0. The largest absolute Gasteiger partial charge is 0.462 e. The fourth-order valence-corrected chi connectivity index (χ4v) is 9.58. The number of carbonyl (C=O) groups excluding carboxylic acids is 3. The lowest BCUT2D eigenvalue weighted by Gasteiger charge is -2.18. The zero-order valence-electron chi connectivity index (χ0n) is 54.2. The van der Waals surface area contributed by atoms with Crippen LogP contribution in [0.25, 0.3) is 0 Å². The molecule has 0 bridgehead atoms. The quantitative estimate of drug-likeness (QED) is 0.0261. The average Bonchev–Trinajstić information content (AvgIpc) is 3.49. The molecular weight excluding hydrogens is 1020 g/mol. The van der Waals surface area contributed by atoms with Crippen molar-refractivity contribution >= 4 is 17.9 Å². The minimum Gasteiger partial charge on any atom is -0.462 e. The van der Waals surface area contributed by atoms with Crippen LogP contribution in [0.15, 0.2) is 134 Å². The Balaban J connectivity index is 4.29. The Bertz CT molecular complexity index is 1750. The number of ether oxygens (including phenoxy) is 3. The number of hydrogen-bond donors (Lipinski definition) is 0. The van der Waals surface area contributed by atoms with Gasteiger partial charge in [0.25, 0.3) is 0 Å². The second-order valence-electron chi connectivity index (χ2n) is 22.7. The third kappa shape index (κ3) is 68.2. The first-order valence-corrected chi connectivity index (χ1v) is 34.7. The summed E-state index contributed by atoms with van der Waals surface area (Å²) in [7, 11) is 0. The second kappa shape index (κ2) is 70.0. The van der Waals surface area contributed by atoms with E-state index in [-0.39, 0.29) is 31.6 Å². The SMILES string of the molecule is CC/C=C\C/C=C\C/C=C\C/C=C\C/C=C\C/C=C\CCCCCCCCCCCCCCCCC(=O)OCC(COC(=O)C/C=C\C/C=C\C/C=C\C/C=C\C/C=C\CC)OC(=O)CCCCCCCCCCCCCCCCCCC. The molecule has 6 heteroatoms. The topological polar surface area (TPSA) is 78.9 Å². The molecule has 0 aliphatic rings. The molecule has 0 amide bonds. The van der Waals surface area contributed by atoms with Crippen LogP contribution in [0.3, 0.4) is 0 Å². The normalized spacial score (nSPS) is 13.0. The average molecular weight is 1150 g/mol. The van der Waals surface area contributed by atoms with Crippen molar-refractivity contribution in [3.63, 3.8) is 0 Å². The van der Waals surface area contributed by atoms with Crippen molar-refractivity contribution in [3.05, 3.63) is 134 Å². The molecule has 0 aliphatic heterocycles. The second-order valence-corrected chi connectivity index (χ2v) is 22.7. The van der Waals surface area contributed by atoms with Crippen molar-refractivity contribution in [1.82, 2.24) is 0 Å². The van der Waals surface area contributed by atoms with Crippen LogP contribution in [0.5, 0.6) is 0 Å². The van der Waals surface area contributed by atoms with Gasteiger partial charge in [0, 0.05) is 12.8 Å². The lowest BCUT2D eigenvalue weighted by Crippen LogP contribution is -2.30. The van der Waals surface area contributed by atoms with Gasteiger partial charge < -0.3 is 14.2 Å². The highest BCUT2D eigenvalue weighted by atomic mass is 16.6. The van der Waals surface area contributed by atoms with Gasteiger partial charge in [0.2, 0.25) is 0 Å². The van der Waals surface area contributed by atoms with Crippen molar-refractivity contribution in [2.45, 2.75) is 322 Å². The van der Waals surface area contributed by atoms with Crippen LogP contribution in [-0.2, 0) is 28.6 Å². The molecule has 1 unspecified atom stereocenters. The van der Waals surface area contributed by atoms with E-state index in [0.717, 1.165) is 109 Å². The highest BCUT2D eigenvalue weighted by Gasteiger charge is 2.19. The number of rotatable bonds is 62. The van der Waals surface area contributed by atoms with Crippen LogP contribution in [-0.4, -0.2) is 37.2 Å². The van der Waals surface area contributed by atoms with Gasteiger partial charge in [0.05, 0.1) is 6.42 Å². The van der Waals surface area contributed by atoms with E-state index in [1.54, 1.807) is 6.08 Å². The molecule has 0 aliphatic carbocycles. The minimum absolute atomic E-state index is 0.108. The molecule has 0 radical (unpaired) electrons. The molecule has 1 atom stereocenters. The van der Waals surface area contributed by atoms with Gasteiger partial charge in [0.1, 0.15) is 13.2 Å². The summed E-state index contributed by atoms with van der Waals surface area (Å²) in [4.78, 5) is 38.3. The Morgan fingerprint density at radius 3 is 0.843 bits per heavy atom. The lowest BCUT2D eigenvalue weighted by atomic mass is 10.0. The van der Waals surface area contributed by atoms with Gasteiger partial charge in [0.15, 0.2) is 6.10 Å². The maximum absolute atomic E-state index is 12.9. The molecule has 6 nitrogen and oxygen atoms in total. The summed E-state index contributed by atoms with van der Waals surface area (Å²) in [5, 5.41) is 0. The molecule has 0 spiro atoms. The van der Waals surface area contributed by atoms with Crippen LogP contribution in [0.4, 0.5) is 0 Å². The highest BCUT2D eigenvalue weighted by Crippen LogP contribution is 2.17. The first kappa shape index (κ1) is 78.5. The molecule has 0 aromatic rings. The van der Waals surface area contributed by atoms with Crippen LogP contribution >= 0.6 is 0 Å². The van der Waals surface area contributed by atoms with E-state index in [0.29, 0.717) is 12.8 Å². The maximum atomic E-state index is 12.9. The highest BCUT2D eigenvalue weighted by molar-refractivity contribution is 5.72. The van der Waals surface area contributed by atoms with Gasteiger partial charge in [-0.25, -0.2) is 0 Å². The molecule has 0 saturated carbocycles. The van der Waals surface area contributed by atoms with Crippen molar-refractivity contribution in [2.24, 2.45) is 0 Å². The van der Waals surface area contributed by atoms with Gasteiger partial charge in [-0.2, -0.15) is 0 Å². The predicted molar refractivity (Wildman–Crippen MR) is 362 cm³/mol. The van der Waals surface area contributed by atoms with E-state index in [1.165, 1.54) is 167 Å². The summed E-state index contributed by atoms with van der Waals surface area (Å²) in [5.41, 5.74) is 0. The Hall–Kier alpha value is -4.45. The number of hydrogen-bond acceptors (Lipinski definition) is 6. The van der Waals surface area contributed by atoms with E-state index in [9.17, 15) is 14.4 Å². The fraction of sp³-hybridized carbons (Fsp3) is 0.675. The zero-order valence-corrected chi connectivity index (χ0v) is 54.2. The Morgan fingerprint density at radius 1 is 0.265 bits per heavy atom. The standard InChI is InChI=1S/C77H128O6/c1-4-7-10-13-16-19-22-25-28-30-31-32-33-34-35-36-37-38-39-40-41-42-43-44-45-47-49-52-55-58-61-64-67-70-76(79)82-73-74(72-81-75(78)69-66-63-60-57-54-51-48-27-24-21-18-15-12-9-6-3)83-77(80)71-68-65-62-59-56-53-50-46-29-26-23-20-17-14-11-8-5-2/h7,9-10,12,16,18-19,21,25,27-28,31-32,34-35,37-38,48,54,57,63,66,74H,4-6,8,11,13-15,17,20,22-24,26,29-30,33,36,39-47,49-53,55-56,58-62,64-65,67-73H2,1-3H3/b10-7-,12-9-,19-16-,21-18-,28-25-,32-31-,35-34-,38-37-,48-27-,57-54-,66-63-. The third-order valence-corrected chi connectivity index (χ3v) is 14.7. The first-order chi connectivity index (χ1) is 41.0. The number of esters is 3. The van der Waals surface area contributed by atoms with E-state index in [1.807, 2.05) is 6.08 Å². The van der Waals surface area contributed by atoms with Gasteiger partial charge in [-0.15, -0.1) is 0 Å². The third-order valence-electron chi connectivity index (χ3n) is 14.7. The molecule has 0 heterocycles. The van der Waals surface area contributed by atoms with E-state index in [4.69, 9.17) is 14.2 Å². The van der Waals surface area contributed by atoms with Crippen LogP contribution in [0, 0.1) is 0 Å². The molecule has 472 valence electrons. The Kier molecular flexibility index (Phi) is 66.3. The number of carbonyl (C=O) groups is 3. The van der Waals surface area contributed by atoms with Crippen molar-refractivity contribution < 1.29 is 28.6 Å². The molecule has 83 heavy (non-hydrogen) atoms. The van der Waals surface area contributed by atoms with E-state index in [2.05, 4.69) is 142 Å². The van der Waals surface area contributed by atoms with Crippen molar-refractivity contribution in [1.29, 1.82) is 0 Å². The predicted octanol–water partition coefficient (Wildman–Crippen LogP) is 24.1. The van der Waals surface area contributed by atoms with Crippen LogP contribution in [0.1, 0.15) is 316 Å². The van der Waals surface area contributed by atoms with Gasteiger partial charge >= 0.3 is 17.9 Å². The van der Waals surface area contributed by atoms with Gasteiger partial charge in [-0.3, -0.25) is 14.4 Å². The summed E-state index contributed by atoms with van der Waals surface area (Å²) < 4.78 is 16.9. The van der Waals surface area contributed by atoms with Gasteiger partial charge in [-0.05, 0) is 96.3 Å². The summed E-state index contributed by atoms with van der Waals surface area (Å²) >= 11 is 0. The van der Waals surface area contributed by atoms with Gasteiger partial charge in [-0.1, -0.05) is 334 Å². The smallest absolute Gasteiger partial charge is 0.309 e. The van der Waals surface area contributed by atoms with E-state index < -0.39 is 12.1 Å². The molecule has 0 N–H and O–H groups in total. The lowest BCUT2D eigenvalue weighted by molar-refractivity contribution is -0.166. The fourth-order valence-electron chi connectivity index (χ4n) is 9.58. The summed E-state index contributed by atoms with van der Waals surface area (Å²) in [6.07, 6.45) is 99.3. The molecule has 0 rings (SSSR count). The van der Waals surface area contributed by atoms with Crippen molar-refractivity contribution in [2.75, 3.05) is 13.2 Å². The van der Waals surface area contributed by atoms with Crippen LogP contribution in [0.2, 0.25) is 0 Å². The molecular formula is C77H128O6. The molecule has 0 saturated heterocycles. The van der Waals surface area contributed by atoms with Crippen LogP contribution < -0.4 is 0 Å². The molecule has 0 aromatic carbocycles. The summed E-state index contributed by atoms with van der Waals surface area (Å²) in [6.45, 7) is 6.35. The molecule has 0 aromatic heterocycles. The van der Waals surface area contributed by atoms with Crippen molar-refractivity contribution in [3.8, 4) is 0 Å². The monoisotopic (exact) mass is 1150 g/mol. The number of allylic oxidation sites excluding steroid dienone is 21. The maximum Gasteiger partial charge on any atom is 0.309 e. The Morgan fingerprint density at radius 2 is 0.518 bits per heavy atom.